The number of benzene rings is 12. The Labute approximate surface area is 416 Å². The van der Waals surface area contributed by atoms with Crippen LogP contribution in [-0.4, -0.2) is 0 Å². The maximum atomic E-state index is 2.44. The van der Waals surface area contributed by atoms with Gasteiger partial charge in [-0.3, -0.25) is 0 Å². The molecule has 0 saturated carbocycles. The van der Waals surface area contributed by atoms with Crippen LogP contribution in [0.1, 0.15) is 23.6 Å². The summed E-state index contributed by atoms with van der Waals surface area (Å²) >= 11 is 0. The predicted octanol–water partition coefficient (Wildman–Crippen LogP) is 19.1. The van der Waals surface area contributed by atoms with Crippen LogP contribution in [0.4, 0.5) is 17.1 Å². The van der Waals surface area contributed by atoms with Crippen molar-refractivity contribution in [2.24, 2.45) is 0 Å². The van der Waals surface area contributed by atoms with Crippen molar-refractivity contribution < 1.29 is 0 Å². The lowest BCUT2D eigenvalue weighted by molar-refractivity contribution is 0.714. The molecule has 13 rings (SSSR count). The molecule has 1 aliphatic rings. The summed E-state index contributed by atoms with van der Waals surface area (Å²) in [7, 11) is 0. The van der Waals surface area contributed by atoms with Gasteiger partial charge in [0.1, 0.15) is 0 Å². The molecule has 1 aliphatic carbocycles. The monoisotopic (exact) mass is 903 g/mol. The number of rotatable bonds is 9. The molecule has 0 fully saturated rings. The third-order valence-electron chi connectivity index (χ3n) is 14.9. The molecule has 0 amide bonds. The first kappa shape index (κ1) is 42.1. The highest BCUT2D eigenvalue weighted by Gasteiger charge is 2.41. The van der Waals surface area contributed by atoms with Gasteiger partial charge in [-0.15, -0.1) is 0 Å². The summed E-state index contributed by atoms with van der Waals surface area (Å²) in [6.45, 7) is 2.39. The van der Waals surface area contributed by atoms with E-state index in [1.165, 1.54) is 99.4 Å². The van der Waals surface area contributed by atoms with E-state index in [9.17, 15) is 0 Å². The molecule has 12 aromatic rings. The fraction of sp³-hybridized carbons (Fsp3) is 0.0286. The first-order chi connectivity index (χ1) is 35.1. The van der Waals surface area contributed by atoms with Crippen molar-refractivity contribution in [3.05, 3.63) is 296 Å². The first-order valence-corrected chi connectivity index (χ1v) is 24.7. The van der Waals surface area contributed by atoms with Crippen LogP contribution in [0.15, 0.2) is 279 Å². The number of hydrogen-bond acceptors (Lipinski definition) is 1. The van der Waals surface area contributed by atoms with Gasteiger partial charge in [-0.05, 0) is 154 Å². The maximum Gasteiger partial charge on any atom is 0.0468 e. The van der Waals surface area contributed by atoms with Gasteiger partial charge in [0.05, 0.1) is 0 Å². The van der Waals surface area contributed by atoms with Crippen molar-refractivity contribution in [2.45, 2.75) is 12.3 Å². The summed E-state index contributed by atoms with van der Waals surface area (Å²) in [6.07, 6.45) is 0. The summed E-state index contributed by atoms with van der Waals surface area (Å²) in [6, 6.07) is 103. The molecular weight excluding hydrogens is 855 g/mol. The Kier molecular flexibility index (Phi) is 10.4. The molecule has 0 N–H and O–H groups in total. The van der Waals surface area contributed by atoms with E-state index < -0.39 is 0 Å². The van der Waals surface area contributed by atoms with Crippen molar-refractivity contribution in [2.75, 3.05) is 4.90 Å². The molecule has 1 atom stereocenters. The van der Waals surface area contributed by atoms with Crippen molar-refractivity contribution >= 4 is 38.6 Å². The Morgan fingerprint density at radius 3 is 1.35 bits per heavy atom. The van der Waals surface area contributed by atoms with E-state index in [0.717, 1.165) is 22.6 Å². The van der Waals surface area contributed by atoms with Gasteiger partial charge in [-0.25, -0.2) is 0 Å². The fourth-order valence-electron chi connectivity index (χ4n) is 11.5. The Bertz CT molecular complexity index is 3900. The molecule has 1 unspecified atom stereocenters. The minimum Gasteiger partial charge on any atom is -0.310 e. The lowest BCUT2D eigenvalue weighted by Crippen LogP contribution is -2.22. The molecule has 0 aliphatic heterocycles. The maximum absolute atomic E-state index is 2.44. The van der Waals surface area contributed by atoms with Gasteiger partial charge >= 0.3 is 0 Å². The van der Waals surface area contributed by atoms with E-state index in [2.05, 4.69) is 291 Å². The van der Waals surface area contributed by atoms with Gasteiger partial charge < -0.3 is 4.90 Å². The van der Waals surface area contributed by atoms with Crippen molar-refractivity contribution in [1.29, 1.82) is 0 Å². The standard InChI is InChI=1S/C70H49N/c1-70(54-29-15-6-16-30-54)66-34-20-19-32-61(66)64-47-57(41-44-67(64)70)71(56-40-43-58(49-21-7-2-8-22-49)63(46-56)50-23-9-3-10-24-50)55-38-35-48(36-39-55)53-37-42-60-59-31-17-18-33-62(59)68(51-25-11-4-12-26-51)69(65(60)45-53)52-27-13-5-14-28-52/h2-47H,1H3. The normalized spacial score (nSPS) is 13.8. The van der Waals surface area contributed by atoms with Gasteiger partial charge in [-0.1, -0.05) is 237 Å². The number of anilines is 3. The average molecular weight is 904 g/mol. The molecule has 0 radical (unpaired) electrons. The van der Waals surface area contributed by atoms with E-state index >= 15 is 0 Å². The second-order valence-corrected chi connectivity index (χ2v) is 18.9. The summed E-state index contributed by atoms with van der Waals surface area (Å²) < 4.78 is 0. The molecule has 12 aromatic carbocycles. The van der Waals surface area contributed by atoms with Crippen LogP contribution in [0.5, 0.6) is 0 Å². The largest absolute Gasteiger partial charge is 0.310 e. The third-order valence-corrected chi connectivity index (χ3v) is 14.9. The minimum atomic E-state index is -0.287. The van der Waals surface area contributed by atoms with Crippen molar-refractivity contribution in [3.8, 4) is 66.8 Å². The van der Waals surface area contributed by atoms with Gasteiger partial charge in [0.2, 0.25) is 0 Å². The molecule has 0 aromatic heterocycles. The van der Waals surface area contributed by atoms with Crippen LogP contribution in [0.2, 0.25) is 0 Å². The topological polar surface area (TPSA) is 3.24 Å². The molecule has 71 heavy (non-hydrogen) atoms. The molecular formula is C70H49N. The minimum absolute atomic E-state index is 0.287. The summed E-state index contributed by atoms with van der Waals surface area (Å²) in [5.74, 6) is 0. The van der Waals surface area contributed by atoms with Gasteiger partial charge in [-0.2, -0.15) is 0 Å². The SMILES string of the molecule is CC1(c2ccccc2)c2ccccc2-c2cc(N(c3ccc(-c4ccc5c(c4)c(-c4ccccc4)c(-c4ccccc4)c4ccccc45)cc3)c3ccc(-c4ccccc4)c(-c4ccccc4)c3)ccc21. The van der Waals surface area contributed by atoms with Gasteiger partial charge in [0.15, 0.2) is 0 Å². The zero-order chi connectivity index (χ0) is 47.3. The van der Waals surface area contributed by atoms with Crippen LogP contribution in [0.3, 0.4) is 0 Å². The van der Waals surface area contributed by atoms with Gasteiger partial charge in [0.25, 0.3) is 0 Å². The molecule has 1 nitrogen and oxygen atoms in total. The molecule has 0 heterocycles. The predicted molar refractivity (Wildman–Crippen MR) is 301 cm³/mol. The molecule has 334 valence electrons. The highest BCUT2D eigenvalue weighted by Crippen LogP contribution is 2.54. The highest BCUT2D eigenvalue weighted by atomic mass is 15.1. The van der Waals surface area contributed by atoms with Crippen LogP contribution >= 0.6 is 0 Å². The van der Waals surface area contributed by atoms with E-state index in [1.54, 1.807) is 0 Å². The number of hydrogen-bond donors (Lipinski definition) is 0. The summed E-state index contributed by atoms with van der Waals surface area (Å²) in [4.78, 5) is 2.44. The Morgan fingerprint density at radius 2 is 0.704 bits per heavy atom. The van der Waals surface area contributed by atoms with E-state index in [1.807, 2.05) is 0 Å². The van der Waals surface area contributed by atoms with Crippen LogP contribution in [0.25, 0.3) is 88.3 Å². The average Bonchev–Trinajstić information content (AvgIpc) is 3.71. The second kappa shape index (κ2) is 17.5. The van der Waals surface area contributed by atoms with E-state index in [-0.39, 0.29) is 5.41 Å². The summed E-state index contributed by atoms with van der Waals surface area (Å²) in [5.41, 5.74) is 21.5. The Hall–Kier alpha value is -9.04. The highest BCUT2D eigenvalue weighted by molar-refractivity contribution is 6.22. The molecule has 0 bridgehead atoms. The van der Waals surface area contributed by atoms with Crippen LogP contribution in [-0.2, 0) is 5.41 Å². The summed E-state index contributed by atoms with van der Waals surface area (Å²) in [5, 5.41) is 5.01. The zero-order valence-electron chi connectivity index (χ0n) is 39.5. The molecule has 0 spiro atoms. The molecule has 1 heteroatoms. The van der Waals surface area contributed by atoms with Gasteiger partial charge in [0, 0.05) is 22.5 Å². The Balaban J connectivity index is 0.992. The van der Waals surface area contributed by atoms with Crippen LogP contribution in [0, 0.1) is 0 Å². The van der Waals surface area contributed by atoms with Crippen molar-refractivity contribution in [3.63, 3.8) is 0 Å². The van der Waals surface area contributed by atoms with E-state index in [0.29, 0.717) is 0 Å². The first-order valence-electron chi connectivity index (χ1n) is 24.7. The van der Waals surface area contributed by atoms with E-state index in [4.69, 9.17) is 0 Å². The second-order valence-electron chi connectivity index (χ2n) is 18.9. The number of fused-ring (bicyclic) bond motifs is 6. The fourth-order valence-corrected chi connectivity index (χ4v) is 11.5. The van der Waals surface area contributed by atoms with Crippen LogP contribution < -0.4 is 4.90 Å². The lowest BCUT2D eigenvalue weighted by atomic mass is 9.74. The van der Waals surface area contributed by atoms with Crippen molar-refractivity contribution in [1.82, 2.24) is 0 Å². The third kappa shape index (κ3) is 7.17. The lowest BCUT2D eigenvalue weighted by Gasteiger charge is -2.30. The Morgan fingerprint density at radius 1 is 0.254 bits per heavy atom. The quantitative estimate of drug-likeness (QED) is 0.130. The molecule has 0 saturated heterocycles. The number of nitrogens with zero attached hydrogens (tertiary/aromatic N) is 1. The zero-order valence-corrected chi connectivity index (χ0v) is 39.5. The smallest absolute Gasteiger partial charge is 0.0468 e.